The monoisotopic (exact) mass is 326 g/mol. The van der Waals surface area contributed by atoms with Gasteiger partial charge in [-0.05, 0) is 37.0 Å². The number of rotatable bonds is 5. The van der Waals surface area contributed by atoms with Gasteiger partial charge in [0.15, 0.2) is 0 Å². The lowest BCUT2D eigenvalue weighted by atomic mass is 9.81. The maximum absolute atomic E-state index is 12.2. The van der Waals surface area contributed by atoms with Gasteiger partial charge in [-0.3, -0.25) is 4.79 Å². The molecule has 2 nitrogen and oxygen atoms in total. The lowest BCUT2D eigenvalue weighted by Crippen LogP contribution is -2.29. The van der Waals surface area contributed by atoms with Crippen molar-refractivity contribution < 1.29 is 9.53 Å². The highest BCUT2D eigenvalue weighted by Gasteiger charge is 2.29. The third-order valence-corrected chi connectivity index (χ3v) is 5.30. The first-order valence-electron chi connectivity index (χ1n) is 8.25. The molecule has 0 spiro atoms. The number of ether oxygens (including phenoxy) is 1. The molecule has 1 saturated carbocycles. The average molecular weight is 326 g/mol. The van der Waals surface area contributed by atoms with Crippen LogP contribution in [0.4, 0.5) is 0 Å². The molecule has 23 heavy (non-hydrogen) atoms. The Kier molecular flexibility index (Phi) is 5.76. The Hall–Kier alpha value is -1.74. The number of thioether (sulfide) groups is 1. The van der Waals surface area contributed by atoms with Gasteiger partial charge in [-0.15, -0.1) is 11.8 Å². The van der Waals surface area contributed by atoms with Crippen LogP contribution in [0.1, 0.15) is 37.2 Å². The minimum Gasteiger partial charge on any atom is -0.461 e. The Balaban J connectivity index is 1.57. The van der Waals surface area contributed by atoms with Crippen LogP contribution in [0.25, 0.3) is 0 Å². The molecule has 1 fully saturated rings. The zero-order valence-electron chi connectivity index (χ0n) is 13.2. The van der Waals surface area contributed by atoms with Crippen molar-refractivity contribution in [1.29, 1.82) is 0 Å². The Bertz CT molecular complexity index is 612. The molecule has 0 aromatic heterocycles. The number of carbonyl (C=O) groups is 1. The molecule has 2 aromatic rings. The van der Waals surface area contributed by atoms with Crippen LogP contribution < -0.4 is 0 Å². The molecule has 3 rings (SSSR count). The summed E-state index contributed by atoms with van der Waals surface area (Å²) >= 11 is 1.54. The molecule has 0 bridgehead atoms. The second kappa shape index (κ2) is 8.21. The van der Waals surface area contributed by atoms with Gasteiger partial charge in [-0.2, -0.15) is 0 Å². The van der Waals surface area contributed by atoms with E-state index < -0.39 is 0 Å². The van der Waals surface area contributed by atoms with Crippen LogP contribution in [0.15, 0.2) is 65.6 Å². The Morgan fingerprint density at radius 1 is 0.957 bits per heavy atom. The summed E-state index contributed by atoms with van der Waals surface area (Å²) in [5.74, 6) is 0.615. The Morgan fingerprint density at radius 3 is 2.35 bits per heavy atom. The largest absolute Gasteiger partial charge is 0.461 e. The molecule has 3 heteroatoms. The first kappa shape index (κ1) is 16.1. The third kappa shape index (κ3) is 4.61. The van der Waals surface area contributed by atoms with Crippen molar-refractivity contribution in [3.05, 3.63) is 66.2 Å². The van der Waals surface area contributed by atoms with Crippen molar-refractivity contribution >= 4 is 17.7 Å². The summed E-state index contributed by atoms with van der Waals surface area (Å²) in [6.45, 7) is 0. The van der Waals surface area contributed by atoms with Gasteiger partial charge < -0.3 is 4.74 Å². The van der Waals surface area contributed by atoms with Crippen LogP contribution >= 0.6 is 11.8 Å². The predicted octanol–water partition coefficient (Wildman–Crippen LogP) is 5.05. The van der Waals surface area contributed by atoms with Gasteiger partial charge in [0.05, 0.1) is 5.75 Å². The zero-order valence-corrected chi connectivity index (χ0v) is 14.0. The van der Waals surface area contributed by atoms with Crippen LogP contribution in [0.3, 0.4) is 0 Å². The maximum atomic E-state index is 12.2. The molecule has 0 unspecified atom stereocenters. The molecular weight excluding hydrogens is 304 g/mol. The number of hydrogen-bond acceptors (Lipinski definition) is 3. The zero-order chi connectivity index (χ0) is 15.9. The van der Waals surface area contributed by atoms with E-state index in [1.807, 2.05) is 36.4 Å². The number of hydrogen-bond donors (Lipinski definition) is 0. The summed E-state index contributed by atoms with van der Waals surface area (Å²) in [5, 5.41) is 0. The highest BCUT2D eigenvalue weighted by Crippen LogP contribution is 2.35. The summed E-state index contributed by atoms with van der Waals surface area (Å²) in [4.78, 5) is 13.3. The Labute approximate surface area is 142 Å². The van der Waals surface area contributed by atoms with E-state index in [9.17, 15) is 4.79 Å². The van der Waals surface area contributed by atoms with Crippen molar-refractivity contribution in [3.8, 4) is 0 Å². The van der Waals surface area contributed by atoms with Gasteiger partial charge >= 0.3 is 5.97 Å². The van der Waals surface area contributed by atoms with Crippen LogP contribution in [0.2, 0.25) is 0 Å². The molecule has 2 atom stereocenters. The topological polar surface area (TPSA) is 26.3 Å². The minimum absolute atomic E-state index is 0.0232. The molecule has 0 amide bonds. The van der Waals surface area contributed by atoms with Crippen LogP contribution in [-0.4, -0.2) is 17.8 Å². The lowest BCUT2D eigenvalue weighted by Gasteiger charge is -2.31. The van der Waals surface area contributed by atoms with Crippen molar-refractivity contribution in [2.45, 2.75) is 42.6 Å². The second-order valence-corrected chi connectivity index (χ2v) is 6.98. The molecule has 0 saturated heterocycles. The summed E-state index contributed by atoms with van der Waals surface area (Å²) in [6.07, 6.45) is 4.46. The van der Waals surface area contributed by atoms with Gasteiger partial charge in [-0.1, -0.05) is 55.0 Å². The summed E-state index contributed by atoms with van der Waals surface area (Å²) in [5.41, 5.74) is 1.29. The van der Waals surface area contributed by atoms with Gasteiger partial charge in [-0.25, -0.2) is 0 Å². The second-order valence-electron chi connectivity index (χ2n) is 5.93. The standard InChI is InChI=1S/C20H22O2S/c21-20(15-23-17-11-5-2-6-12-17)22-19-14-8-7-13-18(19)16-9-3-1-4-10-16/h1-6,9-12,18-19H,7-8,13-15H2/t18-,19+/m0/s1. The van der Waals surface area contributed by atoms with E-state index in [2.05, 4.69) is 24.3 Å². The van der Waals surface area contributed by atoms with Crippen LogP contribution in [-0.2, 0) is 9.53 Å². The number of esters is 1. The number of carbonyl (C=O) groups excluding carboxylic acids is 1. The van der Waals surface area contributed by atoms with Gasteiger partial charge in [0.25, 0.3) is 0 Å². The van der Waals surface area contributed by atoms with E-state index in [-0.39, 0.29) is 12.1 Å². The summed E-state index contributed by atoms with van der Waals surface area (Å²) in [7, 11) is 0. The van der Waals surface area contributed by atoms with Crippen LogP contribution in [0, 0.1) is 0 Å². The first-order valence-corrected chi connectivity index (χ1v) is 9.24. The highest BCUT2D eigenvalue weighted by atomic mass is 32.2. The maximum Gasteiger partial charge on any atom is 0.316 e. The first-order chi connectivity index (χ1) is 11.3. The summed E-state index contributed by atoms with van der Waals surface area (Å²) < 4.78 is 5.82. The molecule has 120 valence electrons. The van der Waals surface area contributed by atoms with Gasteiger partial charge in [0, 0.05) is 10.8 Å². The smallest absolute Gasteiger partial charge is 0.316 e. The van der Waals surface area contributed by atoms with E-state index in [4.69, 9.17) is 4.74 Å². The fraction of sp³-hybridized carbons (Fsp3) is 0.350. The third-order valence-electron chi connectivity index (χ3n) is 4.31. The van der Waals surface area contributed by atoms with Crippen molar-refractivity contribution in [1.82, 2.24) is 0 Å². The minimum atomic E-state index is -0.105. The molecule has 1 aliphatic carbocycles. The molecule has 2 aromatic carbocycles. The highest BCUT2D eigenvalue weighted by molar-refractivity contribution is 8.00. The fourth-order valence-corrected chi connectivity index (χ4v) is 3.88. The van der Waals surface area contributed by atoms with Crippen molar-refractivity contribution in [2.24, 2.45) is 0 Å². The number of benzene rings is 2. The van der Waals surface area contributed by atoms with Crippen LogP contribution in [0.5, 0.6) is 0 Å². The quantitative estimate of drug-likeness (QED) is 0.568. The van der Waals surface area contributed by atoms with E-state index in [0.29, 0.717) is 11.7 Å². The van der Waals surface area contributed by atoms with E-state index in [1.165, 1.54) is 23.7 Å². The predicted molar refractivity (Wildman–Crippen MR) is 94.7 cm³/mol. The SMILES string of the molecule is O=C(CSc1ccccc1)O[C@@H]1CCCC[C@H]1c1ccccc1. The van der Waals surface area contributed by atoms with Gasteiger partial charge in [0.1, 0.15) is 6.10 Å². The van der Waals surface area contributed by atoms with Gasteiger partial charge in [0.2, 0.25) is 0 Å². The molecule has 1 aliphatic rings. The Morgan fingerprint density at radius 2 is 1.61 bits per heavy atom. The molecule has 0 N–H and O–H groups in total. The molecule has 0 aliphatic heterocycles. The van der Waals surface area contributed by atoms with E-state index in [0.717, 1.165) is 24.2 Å². The van der Waals surface area contributed by atoms with Crippen molar-refractivity contribution in [2.75, 3.05) is 5.75 Å². The van der Waals surface area contributed by atoms with E-state index >= 15 is 0 Å². The molecule has 0 radical (unpaired) electrons. The molecular formula is C20H22O2S. The average Bonchev–Trinajstić information content (AvgIpc) is 2.62. The molecule has 0 heterocycles. The summed E-state index contributed by atoms with van der Waals surface area (Å²) in [6, 6.07) is 20.4. The van der Waals surface area contributed by atoms with E-state index in [1.54, 1.807) is 0 Å². The lowest BCUT2D eigenvalue weighted by molar-refractivity contribution is -0.148. The van der Waals surface area contributed by atoms with Crippen molar-refractivity contribution in [3.63, 3.8) is 0 Å². The normalized spacial score (nSPS) is 20.9. The fourth-order valence-electron chi connectivity index (χ4n) is 3.18.